The summed E-state index contributed by atoms with van der Waals surface area (Å²) in [6.07, 6.45) is 6.41. The van der Waals surface area contributed by atoms with E-state index in [1.54, 1.807) is 24.3 Å². The molecule has 0 aliphatic heterocycles. The van der Waals surface area contributed by atoms with Gasteiger partial charge in [-0.1, -0.05) is 25.1 Å². The normalized spacial score (nSPS) is 11.4. The molecule has 1 aromatic carbocycles. The quantitative estimate of drug-likeness (QED) is 0.414. The summed E-state index contributed by atoms with van der Waals surface area (Å²) in [4.78, 5) is 0. The van der Waals surface area contributed by atoms with Gasteiger partial charge in [-0.2, -0.15) is 6.08 Å². The Morgan fingerprint density at radius 1 is 1.06 bits per heavy atom. The molecule has 0 fully saturated rings. The van der Waals surface area contributed by atoms with Gasteiger partial charge >= 0.3 is 0 Å². The van der Waals surface area contributed by atoms with Crippen molar-refractivity contribution in [1.29, 1.82) is 0 Å². The molecule has 0 radical (unpaired) electrons. The van der Waals surface area contributed by atoms with Gasteiger partial charge in [-0.05, 0) is 12.1 Å². The van der Waals surface area contributed by atoms with E-state index in [2.05, 4.69) is 26.0 Å². The molecule has 1 aromatic rings. The predicted molar refractivity (Wildman–Crippen MR) is 58.9 cm³/mol. The van der Waals surface area contributed by atoms with Crippen molar-refractivity contribution in [2.75, 3.05) is 0 Å². The molecule has 0 atom stereocenters. The van der Waals surface area contributed by atoms with Crippen LogP contribution in [0.2, 0.25) is 0 Å². The fraction of sp³-hybridized carbons (Fsp3) is 0.231. The summed E-state index contributed by atoms with van der Waals surface area (Å²) in [5, 5.41) is 8.63. The Morgan fingerprint density at radius 3 is 1.76 bits per heavy atom. The molecule has 0 heterocycles. The Balaban J connectivity index is -0.000000196. The molecule has 0 unspecified atom stereocenters. The first-order valence-electron chi connectivity index (χ1n) is 4.68. The summed E-state index contributed by atoms with van der Waals surface area (Å²) in [6.45, 7) is 4.22. The van der Waals surface area contributed by atoms with E-state index in [1.165, 1.54) is 11.1 Å². The molecular weight excluding hydrogens is 291 g/mol. The molecule has 1 N–H and O–H groups in total. The van der Waals surface area contributed by atoms with Gasteiger partial charge in [0.05, 0.1) is 0 Å². The van der Waals surface area contributed by atoms with Crippen molar-refractivity contribution in [3.05, 3.63) is 53.6 Å². The first kappa shape index (κ1) is 22.0. The summed E-state index contributed by atoms with van der Waals surface area (Å²) in [5.74, 6) is 0.322. The molecule has 4 heteroatoms. The largest absolute Gasteiger partial charge is 1.00 e. The second-order valence-electron chi connectivity index (χ2n) is 3.23. The van der Waals surface area contributed by atoms with Crippen LogP contribution in [0.15, 0.2) is 47.6 Å². The Labute approximate surface area is 131 Å². The molecule has 17 heavy (non-hydrogen) atoms. The molecule has 1 nitrogen and oxygen atoms in total. The molecule has 94 valence electrons. The molecular formula is C13H15Cl2OTi-3. The van der Waals surface area contributed by atoms with E-state index in [4.69, 9.17) is 5.11 Å². The summed E-state index contributed by atoms with van der Waals surface area (Å²) >= 11 is 0. The van der Waals surface area contributed by atoms with Crippen molar-refractivity contribution in [1.82, 2.24) is 0 Å². The topological polar surface area (TPSA) is 20.2 Å². The third kappa shape index (κ3) is 9.49. The van der Waals surface area contributed by atoms with Crippen LogP contribution < -0.4 is 24.8 Å². The molecule has 0 amide bonds. The van der Waals surface area contributed by atoms with E-state index in [0.29, 0.717) is 5.75 Å². The van der Waals surface area contributed by atoms with Crippen LogP contribution in [0.4, 0.5) is 0 Å². The smallest absolute Gasteiger partial charge is 0.115 e. The SMILES string of the molecule is CC1=[C-]CC=C1C.Oc1ccccc1.[Cl-].[Cl-].[Ti]. The molecule has 0 aromatic heterocycles. The number of phenolic OH excluding ortho intramolecular Hbond substituents is 1. The Bertz CT molecular complexity index is 332. The number of halogens is 2. The van der Waals surface area contributed by atoms with E-state index in [9.17, 15) is 0 Å². The molecule has 0 spiro atoms. The fourth-order valence-electron chi connectivity index (χ4n) is 1.08. The first-order chi connectivity index (χ1) is 6.70. The fourth-order valence-corrected chi connectivity index (χ4v) is 1.08. The van der Waals surface area contributed by atoms with E-state index in [0.717, 1.165) is 6.42 Å². The second-order valence-corrected chi connectivity index (χ2v) is 3.23. The van der Waals surface area contributed by atoms with Crippen LogP contribution in [0, 0.1) is 6.08 Å². The van der Waals surface area contributed by atoms with Gasteiger partial charge in [0.15, 0.2) is 0 Å². The summed E-state index contributed by atoms with van der Waals surface area (Å²) in [6, 6.07) is 8.71. The molecule has 2 rings (SSSR count). The van der Waals surface area contributed by atoms with Crippen molar-refractivity contribution >= 4 is 0 Å². The maximum atomic E-state index is 8.63. The first-order valence-corrected chi connectivity index (χ1v) is 4.68. The average Bonchev–Trinajstić information content (AvgIpc) is 2.53. The van der Waals surface area contributed by atoms with E-state index in [-0.39, 0.29) is 46.5 Å². The van der Waals surface area contributed by atoms with Gasteiger partial charge in [0.25, 0.3) is 0 Å². The van der Waals surface area contributed by atoms with Crippen molar-refractivity contribution in [2.24, 2.45) is 0 Å². The van der Waals surface area contributed by atoms with Gasteiger partial charge in [0.2, 0.25) is 0 Å². The van der Waals surface area contributed by atoms with Gasteiger partial charge in [-0.15, -0.1) is 13.3 Å². The van der Waals surface area contributed by atoms with Crippen molar-refractivity contribution in [2.45, 2.75) is 20.3 Å². The number of phenols is 1. The van der Waals surface area contributed by atoms with E-state index < -0.39 is 0 Å². The minimum Gasteiger partial charge on any atom is -1.00 e. The van der Waals surface area contributed by atoms with Crippen LogP contribution in [0.3, 0.4) is 0 Å². The minimum atomic E-state index is 0. The Kier molecular flexibility index (Phi) is 15.9. The van der Waals surface area contributed by atoms with Gasteiger partial charge < -0.3 is 29.9 Å². The van der Waals surface area contributed by atoms with Crippen molar-refractivity contribution in [3.63, 3.8) is 0 Å². The van der Waals surface area contributed by atoms with Crippen molar-refractivity contribution < 1.29 is 51.6 Å². The molecule has 1 aliphatic rings. The number of benzene rings is 1. The summed E-state index contributed by atoms with van der Waals surface area (Å²) in [7, 11) is 0. The zero-order valence-electron chi connectivity index (χ0n) is 9.87. The Hall–Kier alpha value is -0.206. The van der Waals surface area contributed by atoms with Gasteiger partial charge in [0, 0.05) is 21.7 Å². The standard InChI is InChI=1S/C7H9.C6H6O.2ClH.Ti/c1-6-4-3-5-7(6)2;7-6-4-2-1-3-5-6;;;/h4H,3H2,1-2H3;1-5,7H;2*1H;/q-1;;;;/p-2. The third-order valence-electron chi connectivity index (χ3n) is 2.12. The molecule has 1 aliphatic carbocycles. The maximum Gasteiger partial charge on any atom is 0.115 e. The summed E-state index contributed by atoms with van der Waals surface area (Å²) in [5.41, 5.74) is 2.71. The van der Waals surface area contributed by atoms with Gasteiger partial charge in [-0.25, -0.2) is 11.1 Å². The van der Waals surface area contributed by atoms with Crippen molar-refractivity contribution in [3.8, 4) is 5.75 Å². The van der Waals surface area contributed by atoms with Crippen LogP contribution in [0.1, 0.15) is 20.3 Å². The number of para-hydroxylation sites is 1. The van der Waals surface area contributed by atoms with Gasteiger partial charge in [-0.3, -0.25) is 6.08 Å². The Morgan fingerprint density at radius 2 is 1.59 bits per heavy atom. The number of aromatic hydroxyl groups is 1. The van der Waals surface area contributed by atoms with Crippen LogP contribution in [0.5, 0.6) is 5.75 Å². The number of rotatable bonds is 0. The predicted octanol–water partition coefficient (Wildman–Crippen LogP) is -2.52. The molecule has 0 saturated carbocycles. The van der Waals surface area contributed by atoms with Crippen LogP contribution in [-0.2, 0) is 21.7 Å². The van der Waals surface area contributed by atoms with Crippen LogP contribution in [0.25, 0.3) is 0 Å². The third-order valence-corrected chi connectivity index (χ3v) is 2.12. The number of hydrogen-bond donors (Lipinski definition) is 1. The minimum absolute atomic E-state index is 0. The molecule has 0 saturated heterocycles. The summed E-state index contributed by atoms with van der Waals surface area (Å²) < 4.78 is 0. The second kappa shape index (κ2) is 12.3. The van der Waals surface area contributed by atoms with E-state index in [1.807, 2.05) is 6.07 Å². The zero-order chi connectivity index (χ0) is 10.4. The maximum absolute atomic E-state index is 8.63. The average molecular weight is 306 g/mol. The number of hydrogen-bond acceptors (Lipinski definition) is 1. The van der Waals surface area contributed by atoms with Crippen LogP contribution >= 0.6 is 0 Å². The number of allylic oxidation sites excluding steroid dienone is 4. The molecule has 0 bridgehead atoms. The zero-order valence-corrected chi connectivity index (χ0v) is 12.9. The van der Waals surface area contributed by atoms with Crippen LogP contribution in [-0.4, -0.2) is 5.11 Å². The van der Waals surface area contributed by atoms with Gasteiger partial charge in [0.1, 0.15) is 5.75 Å². The monoisotopic (exact) mass is 305 g/mol. The van der Waals surface area contributed by atoms with E-state index >= 15 is 0 Å².